The number of ketones is 1. The van der Waals surface area contributed by atoms with Crippen LogP contribution in [0.4, 0.5) is 13.2 Å². The van der Waals surface area contributed by atoms with Gasteiger partial charge in [0.2, 0.25) is 0 Å². The number of benzene rings is 2. The van der Waals surface area contributed by atoms with Gasteiger partial charge in [0.25, 0.3) is 0 Å². The predicted octanol–water partition coefficient (Wildman–Crippen LogP) is 2.83. The molecule has 0 unspecified atom stereocenters. The average molecular weight is 354 g/mol. The summed E-state index contributed by atoms with van der Waals surface area (Å²) in [4.78, 5) is 12.0. The smallest absolute Gasteiger partial charge is 0.388 e. The van der Waals surface area contributed by atoms with E-state index in [1.807, 2.05) is 30.3 Å². The Morgan fingerprint density at radius 2 is 1.60 bits per heavy atom. The lowest BCUT2D eigenvalue weighted by Crippen LogP contribution is -2.37. The molecule has 2 N–H and O–H groups in total. The average Bonchev–Trinajstić information content (AvgIpc) is 2.60. The molecule has 0 aliphatic rings. The van der Waals surface area contributed by atoms with Crippen molar-refractivity contribution < 1.29 is 32.9 Å². The Kier molecular flexibility index (Phi) is 6.30. The van der Waals surface area contributed by atoms with Crippen molar-refractivity contribution in [2.75, 3.05) is 6.61 Å². The lowest BCUT2D eigenvalue weighted by Gasteiger charge is -2.17. The molecule has 0 saturated carbocycles. The fraction of sp³-hybridized carbons (Fsp3) is 0.278. The van der Waals surface area contributed by atoms with Gasteiger partial charge in [-0.1, -0.05) is 42.5 Å². The zero-order chi connectivity index (χ0) is 18.4. The van der Waals surface area contributed by atoms with E-state index < -0.39 is 29.7 Å². The van der Waals surface area contributed by atoms with Gasteiger partial charge in [0.1, 0.15) is 12.2 Å². The first-order valence-electron chi connectivity index (χ1n) is 7.48. The molecule has 0 bridgehead atoms. The Labute approximate surface area is 142 Å². The molecule has 0 saturated heterocycles. The van der Waals surface area contributed by atoms with Crippen molar-refractivity contribution >= 4 is 5.78 Å². The fourth-order valence-corrected chi connectivity index (χ4v) is 2.13. The van der Waals surface area contributed by atoms with Crippen LogP contribution in [0.2, 0.25) is 0 Å². The number of carbonyl (C=O) groups excluding carboxylic acids is 1. The third kappa shape index (κ3) is 5.38. The van der Waals surface area contributed by atoms with E-state index in [1.54, 1.807) is 0 Å². The zero-order valence-electron chi connectivity index (χ0n) is 13.1. The number of hydrogen-bond acceptors (Lipinski definition) is 4. The molecular weight excluding hydrogens is 337 g/mol. The molecule has 2 rings (SSSR count). The van der Waals surface area contributed by atoms with Gasteiger partial charge in [0.15, 0.2) is 5.78 Å². The molecule has 0 spiro atoms. The molecule has 25 heavy (non-hydrogen) atoms. The summed E-state index contributed by atoms with van der Waals surface area (Å²) in [5.41, 5.74) is -0.161. The number of halogens is 3. The normalized spacial score (nSPS) is 14.1. The van der Waals surface area contributed by atoms with Gasteiger partial charge < -0.3 is 14.9 Å². The van der Waals surface area contributed by atoms with E-state index in [0.717, 1.165) is 29.8 Å². The van der Waals surface area contributed by atoms with Gasteiger partial charge in [0, 0.05) is 5.56 Å². The van der Waals surface area contributed by atoms with Crippen LogP contribution in [-0.4, -0.2) is 34.8 Å². The van der Waals surface area contributed by atoms with Crippen molar-refractivity contribution in [3.8, 4) is 0 Å². The molecule has 0 fully saturated rings. The first-order chi connectivity index (χ1) is 11.8. The van der Waals surface area contributed by atoms with Crippen molar-refractivity contribution in [2.45, 2.75) is 25.0 Å². The van der Waals surface area contributed by atoms with E-state index in [4.69, 9.17) is 4.74 Å². The molecule has 0 aromatic heterocycles. The molecule has 4 nitrogen and oxygen atoms in total. The summed E-state index contributed by atoms with van der Waals surface area (Å²) in [6, 6.07) is 12.5. The largest absolute Gasteiger partial charge is 0.416 e. The highest BCUT2D eigenvalue weighted by atomic mass is 19.4. The van der Waals surface area contributed by atoms with Crippen LogP contribution in [0.25, 0.3) is 0 Å². The number of hydrogen-bond donors (Lipinski definition) is 2. The number of aliphatic hydroxyl groups is 2. The summed E-state index contributed by atoms with van der Waals surface area (Å²) >= 11 is 0. The lowest BCUT2D eigenvalue weighted by atomic mass is 10.0. The standard InChI is InChI=1S/C18H17F3O4/c19-18(20,21)14-8-6-13(7-9-14)16(23)17(24)15(22)11-25-10-12-4-2-1-3-5-12/h1-9,15,17,22,24H,10-11H2/t15-,17+/m1/s1. The molecule has 0 radical (unpaired) electrons. The Balaban J connectivity index is 1.90. The van der Waals surface area contributed by atoms with Gasteiger partial charge in [0.05, 0.1) is 18.8 Å². The van der Waals surface area contributed by atoms with Gasteiger partial charge in [-0.05, 0) is 17.7 Å². The number of alkyl halides is 3. The number of Topliss-reactive ketones (excluding diaryl/α,β-unsaturated/α-hetero) is 1. The Hall–Kier alpha value is -2.22. The first-order valence-corrected chi connectivity index (χ1v) is 7.48. The molecule has 0 aliphatic carbocycles. The molecule has 0 amide bonds. The first kappa shape index (κ1) is 19.1. The van der Waals surface area contributed by atoms with Crippen molar-refractivity contribution in [2.24, 2.45) is 0 Å². The maximum absolute atomic E-state index is 12.5. The molecule has 2 atom stereocenters. The van der Waals surface area contributed by atoms with Crippen LogP contribution >= 0.6 is 0 Å². The second-order valence-corrected chi connectivity index (χ2v) is 5.45. The number of ether oxygens (including phenoxy) is 1. The molecule has 2 aromatic rings. The van der Waals surface area contributed by atoms with Gasteiger partial charge in [-0.3, -0.25) is 4.79 Å². The topological polar surface area (TPSA) is 66.8 Å². The van der Waals surface area contributed by atoms with E-state index >= 15 is 0 Å². The van der Waals surface area contributed by atoms with Crippen LogP contribution in [0.3, 0.4) is 0 Å². The van der Waals surface area contributed by atoms with E-state index in [1.165, 1.54) is 0 Å². The summed E-state index contributed by atoms with van der Waals surface area (Å²) in [5, 5.41) is 19.7. The highest BCUT2D eigenvalue weighted by molar-refractivity contribution is 5.99. The molecule has 7 heteroatoms. The summed E-state index contributed by atoms with van der Waals surface area (Å²) in [6.07, 6.45) is -7.78. The molecule has 134 valence electrons. The molecule has 2 aromatic carbocycles. The molecular formula is C18H17F3O4. The summed E-state index contributed by atoms with van der Waals surface area (Å²) in [6.45, 7) is -0.0957. The molecule has 0 aliphatic heterocycles. The van der Waals surface area contributed by atoms with Crippen LogP contribution in [0.15, 0.2) is 54.6 Å². The summed E-state index contributed by atoms with van der Waals surface area (Å²) in [7, 11) is 0. The Bertz CT molecular complexity index is 684. The molecule has 0 heterocycles. The van der Waals surface area contributed by atoms with Crippen molar-refractivity contribution in [1.29, 1.82) is 0 Å². The third-order valence-corrected chi connectivity index (χ3v) is 3.53. The van der Waals surface area contributed by atoms with Crippen LogP contribution in [0.1, 0.15) is 21.5 Å². The van der Waals surface area contributed by atoms with E-state index in [0.29, 0.717) is 0 Å². The summed E-state index contributed by atoms with van der Waals surface area (Å²) in [5.74, 6) is -0.871. The maximum atomic E-state index is 12.5. The Morgan fingerprint density at radius 3 is 2.16 bits per heavy atom. The van der Waals surface area contributed by atoms with Crippen molar-refractivity contribution in [3.63, 3.8) is 0 Å². The quantitative estimate of drug-likeness (QED) is 0.751. The van der Waals surface area contributed by atoms with E-state index in [-0.39, 0.29) is 18.8 Å². The maximum Gasteiger partial charge on any atom is 0.416 e. The number of rotatable bonds is 7. The van der Waals surface area contributed by atoms with Crippen molar-refractivity contribution in [3.05, 3.63) is 71.3 Å². The second-order valence-electron chi connectivity index (χ2n) is 5.45. The predicted molar refractivity (Wildman–Crippen MR) is 83.9 cm³/mol. The van der Waals surface area contributed by atoms with Gasteiger partial charge in [-0.15, -0.1) is 0 Å². The monoisotopic (exact) mass is 354 g/mol. The fourth-order valence-electron chi connectivity index (χ4n) is 2.13. The number of carbonyl (C=O) groups is 1. The lowest BCUT2D eigenvalue weighted by molar-refractivity contribution is -0.137. The van der Waals surface area contributed by atoms with Gasteiger partial charge >= 0.3 is 6.18 Å². The second kappa shape index (κ2) is 8.24. The van der Waals surface area contributed by atoms with E-state index in [9.17, 15) is 28.2 Å². The van der Waals surface area contributed by atoms with Gasteiger partial charge in [-0.25, -0.2) is 0 Å². The highest BCUT2D eigenvalue weighted by Crippen LogP contribution is 2.29. The highest BCUT2D eigenvalue weighted by Gasteiger charge is 2.31. The minimum atomic E-state index is -4.51. The van der Waals surface area contributed by atoms with Crippen LogP contribution in [0.5, 0.6) is 0 Å². The summed E-state index contributed by atoms with van der Waals surface area (Å²) < 4.78 is 42.7. The van der Waals surface area contributed by atoms with Crippen molar-refractivity contribution in [1.82, 2.24) is 0 Å². The zero-order valence-corrected chi connectivity index (χ0v) is 13.1. The Morgan fingerprint density at radius 1 is 1.00 bits per heavy atom. The van der Waals surface area contributed by atoms with E-state index in [2.05, 4.69) is 0 Å². The minimum absolute atomic E-state index is 0.123. The number of aliphatic hydroxyl groups excluding tert-OH is 2. The van der Waals surface area contributed by atoms with Crippen LogP contribution in [0, 0.1) is 0 Å². The van der Waals surface area contributed by atoms with Gasteiger partial charge in [-0.2, -0.15) is 13.2 Å². The van der Waals surface area contributed by atoms with Crippen LogP contribution in [-0.2, 0) is 17.5 Å². The minimum Gasteiger partial charge on any atom is -0.388 e. The third-order valence-electron chi connectivity index (χ3n) is 3.53. The van der Waals surface area contributed by atoms with Crippen LogP contribution < -0.4 is 0 Å². The SMILES string of the molecule is O=C(c1ccc(C(F)(F)F)cc1)[C@@H](O)[C@H](O)COCc1ccccc1.